The van der Waals surface area contributed by atoms with E-state index < -0.39 is 0 Å². The highest BCUT2D eigenvalue weighted by atomic mass is 19.1. The van der Waals surface area contributed by atoms with Crippen molar-refractivity contribution in [1.82, 2.24) is 25.9 Å². The van der Waals surface area contributed by atoms with Crippen molar-refractivity contribution in [1.29, 1.82) is 0 Å². The van der Waals surface area contributed by atoms with Crippen LogP contribution in [-0.4, -0.2) is 45.7 Å². The van der Waals surface area contributed by atoms with Crippen LogP contribution >= 0.6 is 0 Å². The molecule has 0 radical (unpaired) electrons. The van der Waals surface area contributed by atoms with Gasteiger partial charge < -0.3 is 10.2 Å². The molecule has 1 saturated carbocycles. The molecule has 5 rings (SSSR count). The fourth-order valence-corrected chi connectivity index (χ4v) is 4.09. The van der Waals surface area contributed by atoms with Crippen molar-refractivity contribution in [3.05, 3.63) is 59.9 Å². The molecule has 1 aliphatic carbocycles. The van der Waals surface area contributed by atoms with Crippen molar-refractivity contribution in [2.24, 2.45) is 5.92 Å². The van der Waals surface area contributed by atoms with Crippen LogP contribution in [0.3, 0.4) is 0 Å². The summed E-state index contributed by atoms with van der Waals surface area (Å²) in [4.78, 5) is 14.9. The van der Waals surface area contributed by atoms with E-state index in [4.69, 9.17) is 0 Å². The fraction of sp³-hybridized carbons (Fsp3) is 0.333. The molecule has 2 aliphatic rings. The molecule has 29 heavy (non-hydrogen) atoms. The zero-order chi connectivity index (χ0) is 19.8. The number of nitrogens with one attached hydrogen (secondary N) is 2. The topological polar surface area (TPSA) is 86.8 Å². The number of carbonyl (C=O) groups is 1. The zero-order valence-corrected chi connectivity index (χ0v) is 15.8. The Morgan fingerprint density at radius 2 is 1.93 bits per heavy atom. The van der Waals surface area contributed by atoms with Gasteiger partial charge in [0.1, 0.15) is 5.82 Å². The number of anilines is 1. The second kappa shape index (κ2) is 7.27. The van der Waals surface area contributed by atoms with Crippen molar-refractivity contribution >= 4 is 11.6 Å². The molecule has 2 heterocycles. The average molecular weight is 392 g/mol. The second-order valence-electron chi connectivity index (χ2n) is 7.72. The Morgan fingerprint density at radius 3 is 2.66 bits per heavy atom. The van der Waals surface area contributed by atoms with E-state index in [2.05, 4.69) is 30.8 Å². The summed E-state index contributed by atoms with van der Waals surface area (Å²) in [6, 6.07) is 14.7. The molecule has 1 amide bonds. The van der Waals surface area contributed by atoms with Crippen LogP contribution in [0.2, 0.25) is 0 Å². The van der Waals surface area contributed by atoms with Crippen LogP contribution in [0.1, 0.15) is 24.3 Å². The van der Waals surface area contributed by atoms with E-state index in [-0.39, 0.29) is 29.6 Å². The van der Waals surface area contributed by atoms with Gasteiger partial charge in [-0.05, 0) is 53.8 Å². The molecular weight excluding hydrogens is 371 g/mol. The number of benzene rings is 2. The summed E-state index contributed by atoms with van der Waals surface area (Å²) in [7, 11) is 0. The van der Waals surface area contributed by atoms with E-state index in [0.717, 1.165) is 42.7 Å². The van der Waals surface area contributed by atoms with Crippen molar-refractivity contribution in [3.63, 3.8) is 0 Å². The van der Waals surface area contributed by atoms with Crippen LogP contribution < -0.4 is 10.2 Å². The minimum Gasteiger partial charge on any atom is -0.369 e. The number of tetrazole rings is 1. The Kier molecular flexibility index (Phi) is 4.46. The monoisotopic (exact) mass is 392 g/mol. The van der Waals surface area contributed by atoms with Crippen LogP contribution in [0.4, 0.5) is 10.1 Å². The van der Waals surface area contributed by atoms with Crippen molar-refractivity contribution in [3.8, 4) is 11.4 Å². The van der Waals surface area contributed by atoms with Crippen LogP contribution in [0.25, 0.3) is 11.4 Å². The third-order valence-corrected chi connectivity index (χ3v) is 5.80. The minimum absolute atomic E-state index is 0.0332. The third-order valence-electron chi connectivity index (χ3n) is 5.80. The quantitative estimate of drug-likeness (QED) is 0.697. The first-order valence-corrected chi connectivity index (χ1v) is 9.82. The molecule has 3 aromatic rings. The summed E-state index contributed by atoms with van der Waals surface area (Å²) >= 11 is 0. The predicted octanol–water partition coefficient (Wildman–Crippen LogP) is 2.50. The number of carbonyl (C=O) groups excluding carboxylic acids is 1. The molecule has 1 aromatic heterocycles. The fourth-order valence-electron chi connectivity index (χ4n) is 4.09. The Labute approximate surface area is 167 Å². The van der Waals surface area contributed by atoms with E-state index in [1.54, 1.807) is 12.1 Å². The van der Waals surface area contributed by atoms with Gasteiger partial charge in [-0.2, -0.15) is 5.21 Å². The summed E-state index contributed by atoms with van der Waals surface area (Å²) in [5.74, 6) is 0.759. The van der Waals surface area contributed by atoms with Crippen LogP contribution in [0.5, 0.6) is 0 Å². The van der Waals surface area contributed by atoms with Gasteiger partial charge in [0.2, 0.25) is 11.7 Å². The Hall–Kier alpha value is -3.29. The van der Waals surface area contributed by atoms with Gasteiger partial charge in [-0.3, -0.25) is 4.79 Å². The molecule has 0 bridgehead atoms. The zero-order valence-electron chi connectivity index (χ0n) is 15.8. The number of hydrogen-bond acceptors (Lipinski definition) is 5. The Bertz CT molecular complexity index is 989. The lowest BCUT2D eigenvalue weighted by Crippen LogP contribution is -2.38. The van der Waals surface area contributed by atoms with Gasteiger partial charge in [0.25, 0.3) is 0 Å². The Morgan fingerprint density at radius 1 is 1.14 bits per heavy atom. The van der Waals surface area contributed by atoms with Crippen LogP contribution in [-0.2, 0) is 4.79 Å². The second-order valence-corrected chi connectivity index (χ2v) is 7.72. The molecule has 1 saturated heterocycles. The molecule has 2 N–H and O–H groups in total. The van der Waals surface area contributed by atoms with Gasteiger partial charge in [-0.25, -0.2) is 4.39 Å². The molecule has 0 spiro atoms. The molecule has 2 fully saturated rings. The van der Waals surface area contributed by atoms with E-state index in [1.807, 2.05) is 24.3 Å². The lowest BCUT2D eigenvalue weighted by molar-refractivity contribution is -0.123. The smallest absolute Gasteiger partial charge is 0.224 e. The van der Waals surface area contributed by atoms with Gasteiger partial charge >= 0.3 is 0 Å². The van der Waals surface area contributed by atoms with E-state index in [0.29, 0.717) is 5.82 Å². The largest absolute Gasteiger partial charge is 0.369 e. The number of H-pyrrole nitrogens is 1. The first-order valence-electron chi connectivity index (χ1n) is 9.82. The lowest BCUT2D eigenvalue weighted by atomic mass is 10.1. The van der Waals surface area contributed by atoms with Gasteiger partial charge in [0, 0.05) is 36.3 Å². The van der Waals surface area contributed by atoms with Gasteiger partial charge in [0.15, 0.2) is 0 Å². The minimum atomic E-state index is -0.233. The third kappa shape index (κ3) is 3.70. The number of aromatic nitrogens is 4. The maximum atomic E-state index is 13.1. The van der Waals surface area contributed by atoms with Crippen LogP contribution in [0.15, 0.2) is 48.5 Å². The summed E-state index contributed by atoms with van der Waals surface area (Å²) < 4.78 is 13.1. The predicted molar refractivity (Wildman–Crippen MR) is 106 cm³/mol. The highest BCUT2D eigenvalue weighted by molar-refractivity contribution is 5.83. The lowest BCUT2D eigenvalue weighted by Gasteiger charge is -2.19. The molecule has 3 atom stereocenters. The molecule has 148 valence electrons. The summed E-state index contributed by atoms with van der Waals surface area (Å²) in [5.41, 5.74) is 3.06. The highest BCUT2D eigenvalue weighted by Gasteiger charge is 2.44. The summed E-state index contributed by atoms with van der Waals surface area (Å²) in [6.45, 7) is 1.62. The molecule has 7 nitrogen and oxygen atoms in total. The highest BCUT2D eigenvalue weighted by Crippen LogP contribution is 2.47. The number of nitrogens with zero attached hydrogens (tertiary/aromatic N) is 4. The maximum Gasteiger partial charge on any atom is 0.224 e. The molecule has 1 unspecified atom stereocenters. The number of rotatable bonds is 5. The van der Waals surface area contributed by atoms with Crippen molar-refractivity contribution < 1.29 is 9.18 Å². The first kappa shape index (κ1) is 17.8. The van der Waals surface area contributed by atoms with Gasteiger partial charge in [-0.15, -0.1) is 10.2 Å². The van der Waals surface area contributed by atoms with E-state index in [1.165, 1.54) is 12.1 Å². The van der Waals surface area contributed by atoms with Crippen molar-refractivity contribution in [2.45, 2.75) is 24.8 Å². The number of aromatic amines is 1. The summed E-state index contributed by atoms with van der Waals surface area (Å²) in [6.07, 6.45) is 1.78. The van der Waals surface area contributed by atoms with E-state index >= 15 is 0 Å². The normalized spacial score (nSPS) is 23.2. The van der Waals surface area contributed by atoms with Crippen molar-refractivity contribution in [2.75, 3.05) is 18.0 Å². The number of hydrogen-bond donors (Lipinski definition) is 2. The van der Waals surface area contributed by atoms with E-state index in [9.17, 15) is 9.18 Å². The van der Waals surface area contributed by atoms with Crippen LogP contribution in [0, 0.1) is 11.7 Å². The molecule has 2 aromatic carbocycles. The summed E-state index contributed by atoms with van der Waals surface area (Å²) in [5, 5.41) is 17.2. The number of amides is 1. The molecule has 1 aliphatic heterocycles. The standard InChI is InChI=1S/C21H21FN6O/c22-15-5-7-17(8-6-15)28-10-9-16(12-28)23-21(29)19-11-18(19)13-1-3-14(4-2-13)20-24-26-27-25-20/h1-8,16,18-19H,9-12H2,(H,23,29)(H,24,25,26,27)/t16?,18-,19+/m0/s1. The molecular formula is C21H21FN6O. The molecule has 8 heteroatoms. The average Bonchev–Trinajstić information content (AvgIpc) is 3.12. The van der Waals surface area contributed by atoms with Gasteiger partial charge in [0.05, 0.1) is 0 Å². The Balaban J connectivity index is 1.15. The van der Waals surface area contributed by atoms with Gasteiger partial charge in [-0.1, -0.05) is 24.3 Å². The number of halogens is 1. The first-order chi connectivity index (χ1) is 14.2. The SMILES string of the molecule is O=C(NC1CCN(c2ccc(F)cc2)C1)[C@@H]1C[C@H]1c1ccc(-c2nn[nH]n2)cc1. The maximum absolute atomic E-state index is 13.1.